The average Bonchev–Trinajstić information content (AvgIpc) is 2.40. The Balaban J connectivity index is 0.00000288. The number of hydrogen-bond donors (Lipinski definition) is 0. The normalized spacial score (nSPS) is 22.4. The van der Waals surface area contributed by atoms with Crippen LogP contribution in [-0.4, -0.2) is 16.0 Å². The molecule has 1 saturated carbocycles. The van der Waals surface area contributed by atoms with Crippen molar-refractivity contribution in [2.45, 2.75) is 117 Å². The van der Waals surface area contributed by atoms with Crippen LogP contribution in [0.5, 0.6) is 0 Å². The summed E-state index contributed by atoms with van der Waals surface area (Å²) < 4.78 is 0. The zero-order valence-electron chi connectivity index (χ0n) is 16.2. The van der Waals surface area contributed by atoms with Crippen LogP contribution in [0.2, 0.25) is 0 Å². The molecule has 0 heterocycles. The summed E-state index contributed by atoms with van der Waals surface area (Å²) in [7, 11) is -0.0527. The van der Waals surface area contributed by atoms with Crippen molar-refractivity contribution in [1.82, 2.24) is 0 Å². The lowest BCUT2D eigenvalue weighted by molar-refractivity contribution is 0.453. The summed E-state index contributed by atoms with van der Waals surface area (Å²) in [6, 6.07) is 11.4. The van der Waals surface area contributed by atoms with Gasteiger partial charge in [-0.3, -0.25) is 0 Å². The van der Waals surface area contributed by atoms with Crippen molar-refractivity contribution in [3.63, 3.8) is 0 Å². The maximum atomic E-state index is 2.49. The first-order valence-electron chi connectivity index (χ1n) is 9.55. The highest BCUT2D eigenvalue weighted by atomic mass is 31.1. The van der Waals surface area contributed by atoms with Crippen LogP contribution in [0, 0.1) is 0 Å². The second-order valence-corrected chi connectivity index (χ2v) is 13.4. The predicted molar refractivity (Wildman–Crippen MR) is 121 cm³/mol. The third-order valence-electron chi connectivity index (χ3n) is 5.23. The van der Waals surface area contributed by atoms with Crippen molar-refractivity contribution in [3.05, 3.63) is 35.9 Å². The van der Waals surface area contributed by atoms with E-state index in [2.05, 4.69) is 71.9 Å². The molecule has 0 amide bonds. The number of rotatable bonds is 2. The summed E-state index contributed by atoms with van der Waals surface area (Å²) in [6.45, 7) is 14.9. The third-order valence-corrected chi connectivity index (χ3v) is 9.41. The van der Waals surface area contributed by atoms with Gasteiger partial charge in [0.25, 0.3) is 0 Å². The second-order valence-electron chi connectivity index (χ2n) is 9.29. The first kappa shape index (κ1) is 24.7. The maximum absolute atomic E-state index is 2.49. The zero-order valence-corrected chi connectivity index (χ0v) is 17.1. The Morgan fingerprint density at radius 3 is 1.68 bits per heavy atom. The van der Waals surface area contributed by atoms with Gasteiger partial charge >= 0.3 is 0 Å². The van der Waals surface area contributed by atoms with Gasteiger partial charge in [0.15, 0.2) is 0 Å². The lowest BCUT2D eigenvalue weighted by Gasteiger charge is -2.50. The van der Waals surface area contributed by atoms with Crippen molar-refractivity contribution in [1.29, 1.82) is 0 Å². The van der Waals surface area contributed by atoms with Gasteiger partial charge in [-0.2, -0.15) is 0 Å². The topological polar surface area (TPSA) is 0 Å². The Morgan fingerprint density at radius 2 is 1.20 bits per heavy atom. The van der Waals surface area contributed by atoms with E-state index in [1.54, 1.807) is 5.56 Å². The molecule has 1 aromatic carbocycles. The SMILES string of the molecule is C.C.CC(C)(C)P(C1CCCCCCC1c1ccccc1)C(C)(C)C. The van der Waals surface area contributed by atoms with E-state index in [1.807, 2.05) is 0 Å². The highest BCUT2D eigenvalue weighted by molar-refractivity contribution is 7.61. The van der Waals surface area contributed by atoms with Gasteiger partial charge in [-0.15, -0.1) is 0 Å². The second kappa shape index (κ2) is 10.1. The zero-order chi connectivity index (χ0) is 17.1. The standard InChI is InChI=1S/C22H37P.2CH4/c1-21(2,3)23(22(4,5)6)20-17-13-8-7-12-16-19(20)18-14-10-9-11-15-18;;/h9-11,14-15,19-20H,7-8,12-13,16-17H2,1-6H3;2*1H4. The molecule has 146 valence electrons. The molecule has 0 nitrogen and oxygen atoms in total. The van der Waals surface area contributed by atoms with E-state index in [-0.39, 0.29) is 22.8 Å². The van der Waals surface area contributed by atoms with Crippen molar-refractivity contribution < 1.29 is 0 Å². The molecule has 1 aromatic rings. The van der Waals surface area contributed by atoms with Gasteiger partial charge in [0.1, 0.15) is 0 Å². The Hall–Kier alpha value is -0.350. The van der Waals surface area contributed by atoms with Gasteiger partial charge in [0.2, 0.25) is 0 Å². The van der Waals surface area contributed by atoms with Gasteiger partial charge in [-0.1, -0.05) is 120 Å². The molecule has 2 rings (SSSR count). The highest BCUT2D eigenvalue weighted by Crippen LogP contribution is 2.66. The van der Waals surface area contributed by atoms with Crippen LogP contribution >= 0.6 is 7.92 Å². The molecule has 0 saturated heterocycles. The summed E-state index contributed by atoms with van der Waals surface area (Å²) in [4.78, 5) is 0. The van der Waals surface area contributed by atoms with E-state index in [4.69, 9.17) is 0 Å². The lowest BCUT2D eigenvalue weighted by Crippen LogP contribution is -2.35. The smallest absolute Gasteiger partial charge is 0.00939 e. The van der Waals surface area contributed by atoms with E-state index >= 15 is 0 Å². The Bertz CT molecular complexity index is 449. The lowest BCUT2D eigenvalue weighted by atomic mass is 9.85. The molecule has 1 aliphatic rings. The molecule has 1 aliphatic carbocycles. The van der Waals surface area contributed by atoms with E-state index in [1.165, 1.54) is 38.5 Å². The van der Waals surface area contributed by atoms with Gasteiger partial charge in [-0.05, 0) is 40.3 Å². The minimum atomic E-state index is -0.0527. The fourth-order valence-corrected chi connectivity index (χ4v) is 9.99. The van der Waals surface area contributed by atoms with Gasteiger partial charge in [0.05, 0.1) is 0 Å². The van der Waals surface area contributed by atoms with E-state index in [9.17, 15) is 0 Å². The van der Waals surface area contributed by atoms with Crippen LogP contribution < -0.4 is 0 Å². The average molecular weight is 365 g/mol. The molecule has 25 heavy (non-hydrogen) atoms. The summed E-state index contributed by atoms with van der Waals surface area (Å²) in [5.41, 5.74) is 2.47. The molecule has 0 aromatic heterocycles. The Morgan fingerprint density at radius 1 is 0.720 bits per heavy atom. The highest BCUT2D eigenvalue weighted by Gasteiger charge is 2.43. The first-order valence-corrected chi connectivity index (χ1v) is 11.0. The molecular formula is C24H45P. The Labute approximate surface area is 161 Å². The van der Waals surface area contributed by atoms with Gasteiger partial charge < -0.3 is 0 Å². The first-order chi connectivity index (χ1) is 10.7. The molecule has 0 aliphatic heterocycles. The molecule has 2 atom stereocenters. The van der Waals surface area contributed by atoms with E-state index in [0.717, 1.165) is 11.6 Å². The van der Waals surface area contributed by atoms with Crippen LogP contribution in [-0.2, 0) is 0 Å². The van der Waals surface area contributed by atoms with Crippen molar-refractivity contribution in [2.24, 2.45) is 0 Å². The van der Waals surface area contributed by atoms with Gasteiger partial charge in [0, 0.05) is 0 Å². The molecule has 0 spiro atoms. The minimum Gasteiger partial charge on any atom is -0.0918 e. The number of hydrogen-bond acceptors (Lipinski definition) is 0. The van der Waals surface area contributed by atoms with Crippen molar-refractivity contribution in [3.8, 4) is 0 Å². The summed E-state index contributed by atoms with van der Waals surface area (Å²) in [5.74, 6) is 0.765. The fraction of sp³-hybridized carbons (Fsp3) is 0.750. The van der Waals surface area contributed by atoms with Crippen LogP contribution in [0.25, 0.3) is 0 Å². The molecule has 2 unspecified atom stereocenters. The number of benzene rings is 1. The summed E-state index contributed by atoms with van der Waals surface area (Å²) in [5, 5.41) is 0.842. The van der Waals surface area contributed by atoms with Crippen LogP contribution in [0.3, 0.4) is 0 Å². The van der Waals surface area contributed by atoms with Gasteiger partial charge in [-0.25, -0.2) is 0 Å². The Kier molecular flexibility index (Phi) is 9.96. The third kappa shape index (κ3) is 6.71. The molecule has 1 heteroatoms. The van der Waals surface area contributed by atoms with Crippen LogP contribution in [0.1, 0.15) is 106 Å². The molecule has 0 bridgehead atoms. The van der Waals surface area contributed by atoms with E-state index in [0.29, 0.717) is 10.3 Å². The van der Waals surface area contributed by atoms with Crippen LogP contribution in [0.15, 0.2) is 30.3 Å². The molecule has 1 fully saturated rings. The quantitative estimate of drug-likeness (QED) is 0.460. The van der Waals surface area contributed by atoms with E-state index < -0.39 is 0 Å². The van der Waals surface area contributed by atoms with Crippen LogP contribution in [0.4, 0.5) is 0 Å². The van der Waals surface area contributed by atoms with Crippen molar-refractivity contribution in [2.75, 3.05) is 0 Å². The van der Waals surface area contributed by atoms with Crippen molar-refractivity contribution >= 4 is 7.92 Å². The maximum Gasteiger partial charge on any atom is -0.00939 e. The molecular weight excluding hydrogens is 319 g/mol. The largest absolute Gasteiger partial charge is 0.0918 e. The summed E-state index contributed by atoms with van der Waals surface area (Å²) >= 11 is 0. The fourth-order valence-electron chi connectivity index (χ4n) is 4.86. The predicted octanol–water partition coefficient (Wildman–Crippen LogP) is 8.84. The summed E-state index contributed by atoms with van der Waals surface area (Å²) in [6.07, 6.45) is 8.53. The molecule has 0 N–H and O–H groups in total. The minimum absolute atomic E-state index is 0. The molecule has 0 radical (unpaired) electrons. The monoisotopic (exact) mass is 364 g/mol.